The number of urea groups is 1. The fraction of sp³-hybridized carbons (Fsp3) is 0.294. The van der Waals surface area contributed by atoms with Gasteiger partial charge in [-0.15, -0.1) is 11.3 Å². The highest BCUT2D eigenvalue weighted by molar-refractivity contribution is 7.12. The summed E-state index contributed by atoms with van der Waals surface area (Å²) in [6.45, 7) is 0.652. The highest BCUT2D eigenvalue weighted by Crippen LogP contribution is 2.36. The van der Waals surface area contributed by atoms with E-state index in [0.717, 1.165) is 18.4 Å². The Hall–Kier alpha value is -2.05. The second-order valence-corrected chi connectivity index (χ2v) is 6.78. The lowest BCUT2D eigenvalue weighted by molar-refractivity contribution is 0.0607. The summed E-state index contributed by atoms with van der Waals surface area (Å²) in [5, 5.41) is 5.23. The van der Waals surface area contributed by atoms with Crippen molar-refractivity contribution in [3.8, 4) is 0 Å². The fourth-order valence-corrected chi connectivity index (χ4v) is 3.95. The van der Waals surface area contributed by atoms with Crippen LogP contribution in [0, 0.1) is 0 Å². The highest BCUT2D eigenvalue weighted by Gasteiger charge is 2.31. The van der Waals surface area contributed by atoms with Crippen molar-refractivity contribution in [2.75, 3.05) is 19.0 Å². The van der Waals surface area contributed by atoms with Crippen LogP contribution >= 0.6 is 22.9 Å². The lowest BCUT2D eigenvalue weighted by Gasteiger charge is -2.26. The molecule has 2 aromatic rings. The number of methoxy groups -OCH3 is 1. The van der Waals surface area contributed by atoms with E-state index >= 15 is 0 Å². The van der Waals surface area contributed by atoms with Crippen molar-refractivity contribution in [3.05, 3.63) is 51.2 Å². The number of ether oxygens (including phenoxy) is 1. The molecule has 1 fully saturated rings. The first-order valence-corrected chi connectivity index (χ1v) is 8.85. The number of hydrogen-bond acceptors (Lipinski definition) is 4. The number of likely N-dealkylation sites (tertiary alicyclic amines) is 1. The Bertz CT molecular complexity index is 762. The Balaban J connectivity index is 1.79. The van der Waals surface area contributed by atoms with E-state index < -0.39 is 5.97 Å². The molecule has 1 saturated heterocycles. The molecule has 5 nitrogen and oxygen atoms in total. The molecule has 0 bridgehead atoms. The van der Waals surface area contributed by atoms with Crippen LogP contribution in [0.15, 0.2) is 35.7 Å². The van der Waals surface area contributed by atoms with Crippen molar-refractivity contribution in [2.24, 2.45) is 0 Å². The van der Waals surface area contributed by atoms with Crippen LogP contribution in [0.3, 0.4) is 0 Å². The van der Waals surface area contributed by atoms with E-state index in [9.17, 15) is 9.59 Å². The third kappa shape index (κ3) is 3.25. The van der Waals surface area contributed by atoms with E-state index in [4.69, 9.17) is 16.3 Å². The van der Waals surface area contributed by atoms with Crippen molar-refractivity contribution < 1.29 is 14.3 Å². The SMILES string of the molecule is COC(=O)c1sccc1NC(=O)N1CCCC1c1ccccc1Cl. The molecule has 24 heavy (non-hydrogen) atoms. The minimum absolute atomic E-state index is 0.0566. The molecule has 0 saturated carbocycles. The highest BCUT2D eigenvalue weighted by atomic mass is 35.5. The molecule has 2 amide bonds. The number of rotatable bonds is 3. The summed E-state index contributed by atoms with van der Waals surface area (Å²) < 4.78 is 4.74. The zero-order valence-corrected chi connectivity index (χ0v) is 14.7. The van der Waals surface area contributed by atoms with E-state index in [0.29, 0.717) is 22.1 Å². The number of hydrogen-bond donors (Lipinski definition) is 1. The van der Waals surface area contributed by atoms with Gasteiger partial charge in [-0.3, -0.25) is 0 Å². The van der Waals surface area contributed by atoms with Gasteiger partial charge in [0.2, 0.25) is 0 Å². The molecule has 0 spiro atoms. The summed E-state index contributed by atoms with van der Waals surface area (Å²) in [7, 11) is 1.32. The summed E-state index contributed by atoms with van der Waals surface area (Å²) in [4.78, 5) is 26.6. The van der Waals surface area contributed by atoms with Crippen LogP contribution in [0.25, 0.3) is 0 Å². The third-order valence-electron chi connectivity index (χ3n) is 4.06. The summed E-state index contributed by atoms with van der Waals surface area (Å²) in [5.74, 6) is -0.454. The quantitative estimate of drug-likeness (QED) is 0.812. The van der Waals surface area contributed by atoms with Crippen molar-refractivity contribution in [1.82, 2.24) is 4.90 Å². The number of carbonyl (C=O) groups excluding carboxylic acids is 2. The van der Waals surface area contributed by atoms with Gasteiger partial charge in [-0.2, -0.15) is 0 Å². The largest absolute Gasteiger partial charge is 0.465 e. The molecule has 1 unspecified atom stereocenters. The van der Waals surface area contributed by atoms with Gasteiger partial charge in [0.05, 0.1) is 18.8 Å². The number of carbonyl (C=O) groups is 2. The van der Waals surface area contributed by atoms with E-state index in [-0.39, 0.29) is 12.1 Å². The maximum Gasteiger partial charge on any atom is 0.350 e. The number of anilines is 1. The fourth-order valence-electron chi connectivity index (χ4n) is 2.92. The Morgan fingerprint density at radius 2 is 2.12 bits per heavy atom. The van der Waals surface area contributed by atoms with Crippen LogP contribution in [0.5, 0.6) is 0 Å². The number of amides is 2. The smallest absolute Gasteiger partial charge is 0.350 e. The first-order chi connectivity index (χ1) is 11.6. The van der Waals surface area contributed by atoms with Crippen LogP contribution in [-0.4, -0.2) is 30.6 Å². The average molecular weight is 365 g/mol. The maximum absolute atomic E-state index is 12.7. The van der Waals surface area contributed by atoms with Crippen molar-refractivity contribution in [2.45, 2.75) is 18.9 Å². The van der Waals surface area contributed by atoms with Gasteiger partial charge in [0.1, 0.15) is 4.88 Å². The molecule has 3 rings (SSSR count). The van der Waals surface area contributed by atoms with Gasteiger partial charge in [0, 0.05) is 11.6 Å². The normalized spacial score (nSPS) is 16.9. The molecular formula is C17H17ClN2O3S. The lowest BCUT2D eigenvalue weighted by atomic mass is 10.0. The molecule has 0 aliphatic carbocycles. The average Bonchev–Trinajstić information content (AvgIpc) is 3.23. The van der Waals surface area contributed by atoms with Gasteiger partial charge >= 0.3 is 12.0 Å². The van der Waals surface area contributed by atoms with Crippen molar-refractivity contribution in [3.63, 3.8) is 0 Å². The number of nitrogens with one attached hydrogen (secondary N) is 1. The van der Waals surface area contributed by atoms with E-state index in [1.807, 2.05) is 24.3 Å². The standard InChI is InChI=1S/C17H17ClN2O3S/c1-23-16(21)15-13(8-10-24-15)19-17(22)20-9-4-7-14(20)11-5-2-3-6-12(11)18/h2-3,5-6,8,10,14H,4,7,9H2,1H3,(H,19,22). The summed E-state index contributed by atoms with van der Waals surface area (Å²) in [6, 6.07) is 8.99. The first-order valence-electron chi connectivity index (χ1n) is 7.59. The second-order valence-electron chi connectivity index (χ2n) is 5.46. The Kier molecular flexibility index (Phi) is 5.06. The number of benzene rings is 1. The number of nitrogens with zero attached hydrogens (tertiary/aromatic N) is 1. The lowest BCUT2D eigenvalue weighted by Crippen LogP contribution is -2.34. The third-order valence-corrected chi connectivity index (χ3v) is 5.29. The van der Waals surface area contributed by atoms with Gasteiger partial charge in [-0.1, -0.05) is 29.8 Å². The molecule has 7 heteroatoms. The zero-order chi connectivity index (χ0) is 17.1. The Labute approximate surface area is 149 Å². The molecule has 2 heterocycles. The van der Waals surface area contributed by atoms with E-state index in [2.05, 4.69) is 5.32 Å². The minimum Gasteiger partial charge on any atom is -0.465 e. The van der Waals surface area contributed by atoms with Crippen LogP contribution in [0.1, 0.15) is 34.1 Å². The predicted octanol–water partition coefficient (Wildman–Crippen LogP) is 4.56. The molecule has 1 aliphatic rings. The summed E-state index contributed by atoms with van der Waals surface area (Å²) >= 11 is 7.52. The van der Waals surface area contributed by atoms with Gasteiger partial charge in [0.15, 0.2) is 0 Å². The van der Waals surface area contributed by atoms with Crippen LogP contribution in [0.2, 0.25) is 5.02 Å². The molecule has 126 valence electrons. The predicted molar refractivity (Wildman–Crippen MR) is 94.8 cm³/mol. The molecule has 1 aromatic carbocycles. The van der Waals surface area contributed by atoms with E-state index in [1.54, 1.807) is 16.3 Å². The van der Waals surface area contributed by atoms with Crippen LogP contribution < -0.4 is 5.32 Å². The summed E-state index contributed by atoms with van der Waals surface area (Å²) in [6.07, 6.45) is 1.78. The number of esters is 1. The molecule has 1 aliphatic heterocycles. The number of halogens is 1. The minimum atomic E-state index is -0.454. The van der Waals surface area contributed by atoms with Gasteiger partial charge in [-0.05, 0) is 35.9 Å². The van der Waals surface area contributed by atoms with Crippen molar-refractivity contribution in [1.29, 1.82) is 0 Å². The van der Waals surface area contributed by atoms with Gasteiger partial charge in [0.25, 0.3) is 0 Å². The first kappa shape index (κ1) is 16.8. The maximum atomic E-state index is 12.7. The van der Waals surface area contributed by atoms with Gasteiger partial charge < -0.3 is 15.0 Å². The molecule has 0 radical (unpaired) electrons. The monoisotopic (exact) mass is 364 g/mol. The second kappa shape index (κ2) is 7.23. The molecular weight excluding hydrogens is 348 g/mol. The van der Waals surface area contributed by atoms with Crippen LogP contribution in [-0.2, 0) is 4.74 Å². The van der Waals surface area contributed by atoms with Gasteiger partial charge in [-0.25, -0.2) is 9.59 Å². The topological polar surface area (TPSA) is 58.6 Å². The zero-order valence-electron chi connectivity index (χ0n) is 13.1. The molecule has 1 aromatic heterocycles. The Morgan fingerprint density at radius 3 is 2.88 bits per heavy atom. The molecule has 1 atom stereocenters. The van der Waals surface area contributed by atoms with E-state index in [1.165, 1.54) is 18.4 Å². The van der Waals surface area contributed by atoms with Crippen LogP contribution in [0.4, 0.5) is 10.5 Å². The Morgan fingerprint density at radius 1 is 1.33 bits per heavy atom. The van der Waals surface area contributed by atoms with Crippen molar-refractivity contribution >= 4 is 40.6 Å². The number of thiophene rings is 1. The molecule has 1 N–H and O–H groups in total. The summed E-state index contributed by atoms with van der Waals surface area (Å²) in [5.41, 5.74) is 1.42.